The van der Waals surface area contributed by atoms with E-state index in [0.29, 0.717) is 10.8 Å². The number of carbonyl (C=O) groups excluding carboxylic acids is 1. The van der Waals surface area contributed by atoms with E-state index in [9.17, 15) is 9.18 Å². The number of aromatic nitrogens is 1. The Morgan fingerprint density at radius 2 is 2.05 bits per heavy atom. The van der Waals surface area contributed by atoms with E-state index in [0.717, 1.165) is 10.1 Å². The molecule has 0 saturated carbocycles. The van der Waals surface area contributed by atoms with E-state index in [-0.39, 0.29) is 5.56 Å². The second-order valence-electron chi connectivity index (χ2n) is 4.11. The predicted octanol–water partition coefficient (Wildman–Crippen LogP) is 4.34. The van der Waals surface area contributed by atoms with Gasteiger partial charge >= 0.3 is 0 Å². The van der Waals surface area contributed by atoms with Crippen molar-refractivity contribution in [3.05, 3.63) is 58.9 Å². The lowest BCUT2D eigenvalue weighted by atomic mass is 10.2. The Hall–Kier alpha value is -1.98. The molecule has 3 rings (SSSR count). The quantitative estimate of drug-likeness (QED) is 0.765. The van der Waals surface area contributed by atoms with Gasteiger partial charge in [0, 0.05) is 10.4 Å². The van der Waals surface area contributed by atoms with Gasteiger partial charge in [-0.3, -0.25) is 4.79 Å². The van der Waals surface area contributed by atoms with E-state index < -0.39 is 11.7 Å². The molecule has 6 heteroatoms. The van der Waals surface area contributed by atoms with Crippen molar-refractivity contribution in [3.8, 4) is 0 Å². The van der Waals surface area contributed by atoms with Gasteiger partial charge in [-0.2, -0.15) is 4.37 Å². The van der Waals surface area contributed by atoms with Gasteiger partial charge < -0.3 is 5.32 Å². The van der Waals surface area contributed by atoms with E-state index in [4.69, 9.17) is 11.6 Å². The van der Waals surface area contributed by atoms with Crippen LogP contribution >= 0.6 is 23.1 Å². The van der Waals surface area contributed by atoms with Crippen molar-refractivity contribution in [2.24, 2.45) is 0 Å². The standard InChI is InChI=1S/C14H8ClFN2OS/c15-8-5-6-10-12(7-8)20-18-13(10)17-14(19)9-3-1-2-4-11(9)16/h1-7H,(H,17,18,19). The third kappa shape index (κ3) is 2.37. The number of carbonyl (C=O) groups is 1. The van der Waals surface area contributed by atoms with Gasteiger partial charge in [-0.05, 0) is 41.9 Å². The molecule has 1 amide bonds. The maximum Gasteiger partial charge on any atom is 0.259 e. The lowest BCUT2D eigenvalue weighted by Gasteiger charge is -2.03. The van der Waals surface area contributed by atoms with Crippen LogP contribution in [0.4, 0.5) is 10.2 Å². The van der Waals surface area contributed by atoms with Crippen LogP contribution in [0.5, 0.6) is 0 Å². The first-order chi connectivity index (χ1) is 9.65. The Balaban J connectivity index is 1.94. The molecule has 0 radical (unpaired) electrons. The van der Waals surface area contributed by atoms with Crippen LogP contribution in [0.1, 0.15) is 10.4 Å². The normalized spacial score (nSPS) is 10.7. The molecule has 0 aliphatic heterocycles. The molecule has 3 aromatic rings. The molecular formula is C14H8ClFN2OS. The third-order valence-electron chi connectivity index (χ3n) is 2.78. The number of nitrogens with one attached hydrogen (secondary N) is 1. The number of rotatable bonds is 2. The summed E-state index contributed by atoms with van der Waals surface area (Å²) in [6.45, 7) is 0. The fourth-order valence-corrected chi connectivity index (χ4v) is 2.83. The first-order valence-electron chi connectivity index (χ1n) is 5.76. The molecule has 0 unspecified atom stereocenters. The van der Waals surface area contributed by atoms with Gasteiger partial charge in [-0.15, -0.1) is 0 Å². The molecule has 0 bridgehead atoms. The highest BCUT2D eigenvalue weighted by Crippen LogP contribution is 2.29. The van der Waals surface area contributed by atoms with Crippen LogP contribution in [-0.4, -0.2) is 10.3 Å². The summed E-state index contributed by atoms with van der Waals surface area (Å²) < 4.78 is 18.6. The summed E-state index contributed by atoms with van der Waals surface area (Å²) in [5, 5.41) is 4.01. The van der Waals surface area contributed by atoms with Crippen LogP contribution in [0.3, 0.4) is 0 Å². The molecule has 1 N–H and O–H groups in total. The number of hydrogen-bond acceptors (Lipinski definition) is 3. The number of nitrogens with zero attached hydrogens (tertiary/aromatic N) is 1. The highest BCUT2D eigenvalue weighted by Gasteiger charge is 2.14. The zero-order valence-electron chi connectivity index (χ0n) is 10.1. The SMILES string of the molecule is O=C(Nc1nsc2cc(Cl)ccc12)c1ccccc1F. The second kappa shape index (κ2) is 5.19. The minimum atomic E-state index is -0.562. The van der Waals surface area contributed by atoms with E-state index in [1.54, 1.807) is 24.3 Å². The first-order valence-corrected chi connectivity index (χ1v) is 6.91. The Morgan fingerprint density at radius 1 is 1.25 bits per heavy atom. The van der Waals surface area contributed by atoms with Gasteiger partial charge in [0.05, 0.1) is 10.3 Å². The molecule has 100 valence electrons. The molecule has 0 spiro atoms. The van der Waals surface area contributed by atoms with Crippen LogP contribution in [0, 0.1) is 5.82 Å². The molecule has 0 aliphatic rings. The van der Waals surface area contributed by atoms with Crippen LogP contribution < -0.4 is 5.32 Å². The maximum absolute atomic E-state index is 13.5. The lowest BCUT2D eigenvalue weighted by molar-refractivity contribution is 0.102. The highest BCUT2D eigenvalue weighted by molar-refractivity contribution is 7.13. The Labute approximate surface area is 123 Å². The molecule has 0 fully saturated rings. The summed E-state index contributed by atoms with van der Waals surface area (Å²) >= 11 is 7.12. The van der Waals surface area contributed by atoms with Crippen molar-refractivity contribution in [2.75, 3.05) is 5.32 Å². The van der Waals surface area contributed by atoms with E-state index in [1.807, 2.05) is 0 Å². The molecule has 0 aliphatic carbocycles. The minimum Gasteiger partial charge on any atom is -0.305 e. The van der Waals surface area contributed by atoms with Crippen molar-refractivity contribution >= 4 is 44.9 Å². The molecule has 1 heterocycles. The van der Waals surface area contributed by atoms with Gasteiger partial charge in [-0.1, -0.05) is 23.7 Å². The van der Waals surface area contributed by atoms with Crippen molar-refractivity contribution in [2.45, 2.75) is 0 Å². The zero-order valence-corrected chi connectivity index (χ0v) is 11.6. The van der Waals surface area contributed by atoms with E-state index >= 15 is 0 Å². The van der Waals surface area contributed by atoms with Crippen LogP contribution in [0.15, 0.2) is 42.5 Å². The summed E-state index contributed by atoms with van der Waals surface area (Å²) in [4.78, 5) is 12.0. The van der Waals surface area contributed by atoms with E-state index in [1.165, 1.54) is 29.7 Å². The maximum atomic E-state index is 13.5. The highest BCUT2D eigenvalue weighted by atomic mass is 35.5. The van der Waals surface area contributed by atoms with Gasteiger partial charge in [0.2, 0.25) is 0 Å². The molecule has 3 nitrogen and oxygen atoms in total. The lowest BCUT2D eigenvalue weighted by Crippen LogP contribution is -2.13. The number of fused-ring (bicyclic) bond motifs is 1. The number of halogens is 2. The summed E-state index contributed by atoms with van der Waals surface area (Å²) in [5.74, 6) is -0.673. The molecule has 0 saturated heterocycles. The monoisotopic (exact) mass is 306 g/mol. The molecule has 0 atom stereocenters. The third-order valence-corrected chi connectivity index (χ3v) is 3.83. The number of benzene rings is 2. The second-order valence-corrected chi connectivity index (χ2v) is 5.35. The smallest absolute Gasteiger partial charge is 0.259 e. The van der Waals surface area contributed by atoms with Crippen molar-refractivity contribution in [3.63, 3.8) is 0 Å². The molecule has 1 aromatic heterocycles. The van der Waals surface area contributed by atoms with Crippen LogP contribution in [0.25, 0.3) is 10.1 Å². The Bertz CT molecular complexity index is 803. The fraction of sp³-hybridized carbons (Fsp3) is 0. The minimum absolute atomic E-state index is 0.0115. The summed E-state index contributed by atoms with van der Waals surface area (Å²) in [6, 6.07) is 11.1. The number of hydrogen-bond donors (Lipinski definition) is 1. The van der Waals surface area contributed by atoms with Crippen molar-refractivity contribution in [1.29, 1.82) is 0 Å². The van der Waals surface area contributed by atoms with Gasteiger partial charge in [0.25, 0.3) is 5.91 Å². The number of anilines is 1. The fourth-order valence-electron chi connectivity index (χ4n) is 1.82. The largest absolute Gasteiger partial charge is 0.305 e. The van der Waals surface area contributed by atoms with Crippen molar-refractivity contribution in [1.82, 2.24) is 4.37 Å². The molecule has 20 heavy (non-hydrogen) atoms. The van der Waals surface area contributed by atoms with Gasteiger partial charge in [0.1, 0.15) is 5.82 Å². The van der Waals surface area contributed by atoms with Gasteiger partial charge in [-0.25, -0.2) is 4.39 Å². The molecular weight excluding hydrogens is 299 g/mol. The predicted molar refractivity (Wildman–Crippen MR) is 79.0 cm³/mol. The Kier molecular flexibility index (Phi) is 3.38. The summed E-state index contributed by atoms with van der Waals surface area (Å²) in [6.07, 6.45) is 0. The average Bonchev–Trinajstić information content (AvgIpc) is 2.81. The van der Waals surface area contributed by atoms with Crippen LogP contribution in [0.2, 0.25) is 5.02 Å². The zero-order chi connectivity index (χ0) is 14.1. The Morgan fingerprint density at radius 3 is 2.85 bits per heavy atom. The van der Waals surface area contributed by atoms with Gasteiger partial charge in [0.15, 0.2) is 5.82 Å². The van der Waals surface area contributed by atoms with Crippen LogP contribution in [-0.2, 0) is 0 Å². The molecule has 2 aromatic carbocycles. The summed E-state index contributed by atoms with van der Waals surface area (Å²) in [5.41, 5.74) is -0.0115. The topological polar surface area (TPSA) is 42.0 Å². The summed E-state index contributed by atoms with van der Waals surface area (Å²) in [7, 11) is 0. The first kappa shape index (κ1) is 13.0. The van der Waals surface area contributed by atoms with E-state index in [2.05, 4.69) is 9.69 Å². The van der Waals surface area contributed by atoms with Crippen molar-refractivity contribution < 1.29 is 9.18 Å². The average molecular weight is 307 g/mol. The number of amides is 1.